The molecular weight excluding hydrogens is 444 g/mol. The molecule has 5 rings (SSSR count). The molecule has 0 atom stereocenters. The number of hydrogen-bond donors (Lipinski definition) is 1. The van der Waals surface area contributed by atoms with Crippen LogP contribution in [-0.4, -0.2) is 40.4 Å². The van der Waals surface area contributed by atoms with Gasteiger partial charge in [0, 0.05) is 47.4 Å². The Morgan fingerprint density at radius 2 is 1.82 bits per heavy atom. The Balaban J connectivity index is 1.32. The first-order valence-electron chi connectivity index (χ1n) is 11.6. The van der Waals surface area contributed by atoms with Crippen LogP contribution in [0.15, 0.2) is 66.0 Å². The van der Waals surface area contributed by atoms with E-state index in [1.165, 1.54) is 0 Å². The molecule has 1 aliphatic rings. The molecular formula is C27H28N4O2S. The number of ether oxygens (including phenoxy) is 1. The number of aromatic nitrogens is 3. The molecule has 2 aromatic carbocycles. The predicted molar refractivity (Wildman–Crippen MR) is 135 cm³/mol. The van der Waals surface area contributed by atoms with Crippen molar-refractivity contribution in [1.29, 1.82) is 0 Å². The number of rotatable bonds is 6. The number of carbonyl (C=O) groups excluding carboxylic acids is 1. The minimum absolute atomic E-state index is 0.0781. The van der Waals surface area contributed by atoms with E-state index in [0.717, 1.165) is 46.2 Å². The Hall–Kier alpha value is -3.29. The summed E-state index contributed by atoms with van der Waals surface area (Å²) in [5.74, 6) is -0.0781. The van der Waals surface area contributed by atoms with Gasteiger partial charge in [0.1, 0.15) is 5.01 Å². The molecule has 1 N–H and O–H groups in total. The van der Waals surface area contributed by atoms with Crippen LogP contribution in [0.3, 0.4) is 0 Å². The minimum atomic E-state index is -0.213. The normalized spacial score (nSPS) is 15.2. The quantitative estimate of drug-likeness (QED) is 0.424. The lowest BCUT2D eigenvalue weighted by molar-refractivity contribution is 0.0486. The second kappa shape index (κ2) is 9.52. The molecule has 0 radical (unpaired) electrons. The third-order valence-electron chi connectivity index (χ3n) is 6.45. The summed E-state index contributed by atoms with van der Waals surface area (Å²) in [5.41, 5.74) is 5.50. The third-order valence-corrected chi connectivity index (χ3v) is 7.54. The maximum absolute atomic E-state index is 13.0. The van der Waals surface area contributed by atoms with Crippen molar-refractivity contribution in [2.24, 2.45) is 0 Å². The van der Waals surface area contributed by atoms with Crippen molar-refractivity contribution in [3.8, 4) is 16.9 Å². The molecule has 3 heterocycles. The van der Waals surface area contributed by atoms with E-state index in [1.54, 1.807) is 11.3 Å². The van der Waals surface area contributed by atoms with Crippen molar-refractivity contribution in [2.45, 2.75) is 32.1 Å². The third kappa shape index (κ3) is 4.54. The molecule has 1 fully saturated rings. The molecule has 0 aliphatic carbocycles. The van der Waals surface area contributed by atoms with Crippen LogP contribution in [-0.2, 0) is 10.2 Å². The van der Waals surface area contributed by atoms with Gasteiger partial charge in [0.2, 0.25) is 0 Å². The molecule has 4 aromatic rings. The van der Waals surface area contributed by atoms with Crippen LogP contribution in [0.4, 0.5) is 0 Å². The van der Waals surface area contributed by atoms with E-state index in [0.29, 0.717) is 25.3 Å². The molecule has 0 saturated carbocycles. The molecule has 7 heteroatoms. The van der Waals surface area contributed by atoms with Crippen molar-refractivity contribution in [2.75, 3.05) is 19.8 Å². The average molecular weight is 473 g/mol. The van der Waals surface area contributed by atoms with Gasteiger partial charge in [-0.3, -0.25) is 4.79 Å². The highest BCUT2D eigenvalue weighted by atomic mass is 32.1. The van der Waals surface area contributed by atoms with Crippen molar-refractivity contribution in [1.82, 2.24) is 20.1 Å². The molecule has 1 amide bonds. The summed E-state index contributed by atoms with van der Waals surface area (Å²) in [7, 11) is 0. The Labute approximate surface area is 203 Å². The van der Waals surface area contributed by atoms with Gasteiger partial charge in [-0.15, -0.1) is 11.3 Å². The molecule has 0 unspecified atom stereocenters. The largest absolute Gasteiger partial charge is 0.381 e. The van der Waals surface area contributed by atoms with Gasteiger partial charge < -0.3 is 10.1 Å². The first-order valence-corrected chi connectivity index (χ1v) is 12.4. The zero-order valence-electron chi connectivity index (χ0n) is 19.5. The SMILES string of the molecule is Cc1cc(C)n(-c2ccc(C(=O)NCC3(c4nc(-c5ccccc5)cs4)CCOCC3)cc2)n1. The van der Waals surface area contributed by atoms with Gasteiger partial charge >= 0.3 is 0 Å². The second-order valence-corrected chi connectivity index (χ2v) is 9.72. The van der Waals surface area contributed by atoms with Gasteiger partial charge in [0.25, 0.3) is 5.91 Å². The fourth-order valence-electron chi connectivity index (χ4n) is 4.48. The fourth-order valence-corrected chi connectivity index (χ4v) is 5.57. The maximum atomic E-state index is 13.0. The molecule has 174 valence electrons. The van der Waals surface area contributed by atoms with Gasteiger partial charge in [-0.25, -0.2) is 9.67 Å². The summed E-state index contributed by atoms with van der Waals surface area (Å²) in [6.07, 6.45) is 1.68. The number of nitrogens with one attached hydrogen (secondary N) is 1. The highest BCUT2D eigenvalue weighted by molar-refractivity contribution is 7.10. The lowest BCUT2D eigenvalue weighted by atomic mass is 9.80. The highest BCUT2D eigenvalue weighted by Crippen LogP contribution is 2.38. The minimum Gasteiger partial charge on any atom is -0.381 e. The van der Waals surface area contributed by atoms with Gasteiger partial charge in [0.15, 0.2) is 0 Å². The molecule has 1 saturated heterocycles. The number of nitrogens with zero attached hydrogens (tertiary/aromatic N) is 3. The van der Waals surface area contributed by atoms with Gasteiger partial charge in [-0.2, -0.15) is 5.10 Å². The Morgan fingerprint density at radius 1 is 1.09 bits per heavy atom. The number of aryl methyl sites for hydroxylation is 2. The molecule has 6 nitrogen and oxygen atoms in total. The average Bonchev–Trinajstić information content (AvgIpc) is 3.51. The van der Waals surface area contributed by atoms with E-state index >= 15 is 0 Å². The summed E-state index contributed by atoms with van der Waals surface area (Å²) in [6, 6.07) is 19.8. The van der Waals surface area contributed by atoms with Crippen LogP contribution in [0.1, 0.15) is 39.6 Å². The molecule has 1 aliphatic heterocycles. The van der Waals surface area contributed by atoms with E-state index in [1.807, 2.05) is 67.1 Å². The van der Waals surface area contributed by atoms with E-state index in [-0.39, 0.29) is 11.3 Å². The van der Waals surface area contributed by atoms with Crippen molar-refractivity contribution in [3.63, 3.8) is 0 Å². The first-order chi connectivity index (χ1) is 16.5. The molecule has 34 heavy (non-hydrogen) atoms. The first kappa shape index (κ1) is 22.5. The zero-order chi connectivity index (χ0) is 23.5. The van der Waals surface area contributed by atoms with Crippen LogP contribution < -0.4 is 5.32 Å². The van der Waals surface area contributed by atoms with Crippen molar-refractivity contribution in [3.05, 3.63) is 88.0 Å². The number of carbonyl (C=O) groups is 1. The van der Waals surface area contributed by atoms with E-state index in [9.17, 15) is 4.79 Å². The summed E-state index contributed by atoms with van der Waals surface area (Å²) in [6.45, 7) is 5.88. The van der Waals surface area contributed by atoms with Gasteiger partial charge in [0.05, 0.1) is 17.1 Å². The van der Waals surface area contributed by atoms with Gasteiger partial charge in [-0.05, 0) is 57.0 Å². The van der Waals surface area contributed by atoms with Crippen molar-refractivity contribution < 1.29 is 9.53 Å². The standard InChI is InChI=1S/C27H28N4O2S/c1-19-16-20(2)31(30-19)23-10-8-22(9-11-23)25(32)28-18-27(12-14-33-15-13-27)26-29-24(17-34-26)21-6-4-3-5-7-21/h3-11,16-17H,12-15,18H2,1-2H3,(H,28,32). The molecule has 0 spiro atoms. The van der Waals surface area contributed by atoms with Crippen LogP contribution in [0.2, 0.25) is 0 Å². The summed E-state index contributed by atoms with van der Waals surface area (Å²) in [4.78, 5) is 18.0. The molecule has 2 aromatic heterocycles. The monoisotopic (exact) mass is 472 g/mol. The predicted octanol–water partition coefficient (Wildman–Crippen LogP) is 5.09. The number of benzene rings is 2. The van der Waals surface area contributed by atoms with Crippen LogP contribution in [0.25, 0.3) is 16.9 Å². The van der Waals surface area contributed by atoms with E-state index in [4.69, 9.17) is 9.72 Å². The highest BCUT2D eigenvalue weighted by Gasteiger charge is 2.37. The fraction of sp³-hybridized carbons (Fsp3) is 0.296. The Kier molecular flexibility index (Phi) is 6.30. The zero-order valence-corrected chi connectivity index (χ0v) is 20.3. The molecule has 0 bridgehead atoms. The smallest absolute Gasteiger partial charge is 0.251 e. The Morgan fingerprint density at radius 3 is 2.50 bits per heavy atom. The van der Waals surface area contributed by atoms with Crippen LogP contribution in [0, 0.1) is 13.8 Å². The summed E-state index contributed by atoms with van der Waals surface area (Å²) < 4.78 is 7.54. The summed E-state index contributed by atoms with van der Waals surface area (Å²) in [5, 5.41) is 10.9. The number of hydrogen-bond acceptors (Lipinski definition) is 5. The van der Waals surface area contributed by atoms with E-state index < -0.39 is 0 Å². The lowest BCUT2D eigenvalue weighted by Gasteiger charge is -2.35. The summed E-state index contributed by atoms with van der Waals surface area (Å²) >= 11 is 1.67. The number of thiazole rings is 1. The lowest BCUT2D eigenvalue weighted by Crippen LogP contribution is -2.44. The van der Waals surface area contributed by atoms with Gasteiger partial charge in [-0.1, -0.05) is 30.3 Å². The Bertz CT molecular complexity index is 1270. The number of amides is 1. The van der Waals surface area contributed by atoms with E-state index in [2.05, 4.69) is 27.9 Å². The van der Waals surface area contributed by atoms with Crippen LogP contribution in [0.5, 0.6) is 0 Å². The van der Waals surface area contributed by atoms with Crippen molar-refractivity contribution >= 4 is 17.2 Å². The van der Waals surface area contributed by atoms with Crippen LogP contribution >= 0.6 is 11.3 Å². The second-order valence-electron chi connectivity index (χ2n) is 8.87. The topological polar surface area (TPSA) is 69.0 Å². The maximum Gasteiger partial charge on any atom is 0.251 e.